The first-order valence-corrected chi connectivity index (χ1v) is 6.70. The highest BCUT2D eigenvalue weighted by atomic mass is 16.5. The Bertz CT molecular complexity index is 214. The molecular weight excluding hydrogens is 214 g/mol. The second-order valence-electron chi connectivity index (χ2n) is 4.42. The van der Waals surface area contributed by atoms with Crippen LogP contribution < -0.4 is 5.32 Å². The summed E-state index contributed by atoms with van der Waals surface area (Å²) in [5.41, 5.74) is 0.567. The van der Waals surface area contributed by atoms with E-state index < -0.39 is 0 Å². The molecule has 1 amide bonds. The number of carbonyl (C=O) groups is 1. The third-order valence-electron chi connectivity index (χ3n) is 2.53. The number of amides is 1. The van der Waals surface area contributed by atoms with Crippen LogP contribution in [0.25, 0.3) is 0 Å². The Labute approximate surface area is 106 Å². The number of hydrogen-bond acceptors (Lipinski definition) is 2. The molecule has 0 aliphatic heterocycles. The molecule has 0 heterocycles. The molecule has 3 heteroatoms. The summed E-state index contributed by atoms with van der Waals surface area (Å²) in [6.07, 6.45) is 6.97. The Balaban J connectivity index is 3.08. The predicted molar refractivity (Wildman–Crippen MR) is 72.0 cm³/mol. The van der Waals surface area contributed by atoms with Gasteiger partial charge >= 0.3 is 0 Å². The maximum Gasteiger partial charge on any atom is 0.246 e. The SMILES string of the molecule is C=C(C)C(=O)NCCCCOCCCCCC. The summed E-state index contributed by atoms with van der Waals surface area (Å²) in [4.78, 5) is 11.1. The van der Waals surface area contributed by atoms with Gasteiger partial charge in [0.05, 0.1) is 0 Å². The lowest BCUT2D eigenvalue weighted by Gasteiger charge is -2.05. The fourth-order valence-corrected chi connectivity index (χ4v) is 1.41. The Kier molecular flexibility index (Phi) is 11.1. The molecule has 0 aliphatic carbocycles. The first kappa shape index (κ1) is 16.2. The van der Waals surface area contributed by atoms with Crippen molar-refractivity contribution in [3.63, 3.8) is 0 Å². The van der Waals surface area contributed by atoms with Gasteiger partial charge in [0.15, 0.2) is 0 Å². The van der Waals surface area contributed by atoms with E-state index in [2.05, 4.69) is 18.8 Å². The zero-order chi connectivity index (χ0) is 12.9. The van der Waals surface area contributed by atoms with E-state index in [1.54, 1.807) is 6.92 Å². The van der Waals surface area contributed by atoms with Gasteiger partial charge in [0.1, 0.15) is 0 Å². The number of carbonyl (C=O) groups excluding carboxylic acids is 1. The monoisotopic (exact) mass is 241 g/mol. The molecule has 0 saturated heterocycles. The highest BCUT2D eigenvalue weighted by Gasteiger charge is 1.99. The van der Waals surface area contributed by atoms with Gasteiger partial charge in [-0.15, -0.1) is 0 Å². The Morgan fingerprint density at radius 2 is 1.76 bits per heavy atom. The van der Waals surface area contributed by atoms with Crippen LogP contribution in [-0.4, -0.2) is 25.7 Å². The summed E-state index contributed by atoms with van der Waals surface area (Å²) in [6.45, 7) is 9.89. The fourth-order valence-electron chi connectivity index (χ4n) is 1.41. The maximum absolute atomic E-state index is 11.1. The molecule has 0 unspecified atom stereocenters. The van der Waals surface area contributed by atoms with E-state index in [0.717, 1.165) is 26.1 Å². The van der Waals surface area contributed by atoms with Crippen molar-refractivity contribution >= 4 is 5.91 Å². The topological polar surface area (TPSA) is 38.3 Å². The van der Waals surface area contributed by atoms with Gasteiger partial charge in [0.2, 0.25) is 5.91 Å². The summed E-state index contributed by atoms with van der Waals surface area (Å²) < 4.78 is 5.50. The van der Waals surface area contributed by atoms with Gasteiger partial charge < -0.3 is 10.1 Å². The molecule has 100 valence electrons. The minimum atomic E-state index is -0.0505. The summed E-state index contributed by atoms with van der Waals surface area (Å²) in [6, 6.07) is 0. The first-order valence-electron chi connectivity index (χ1n) is 6.70. The third-order valence-corrected chi connectivity index (χ3v) is 2.53. The van der Waals surface area contributed by atoms with E-state index in [0.29, 0.717) is 12.1 Å². The van der Waals surface area contributed by atoms with E-state index in [1.165, 1.54) is 25.7 Å². The standard InChI is InChI=1S/C14H27NO2/c1-4-5-6-8-11-17-12-9-7-10-15-14(16)13(2)3/h2,4-12H2,1,3H3,(H,15,16). The molecular formula is C14H27NO2. The molecule has 0 aliphatic rings. The molecule has 0 aromatic carbocycles. The van der Waals surface area contributed by atoms with E-state index in [1.807, 2.05) is 0 Å². The van der Waals surface area contributed by atoms with Crippen LogP contribution in [0, 0.1) is 0 Å². The lowest BCUT2D eigenvalue weighted by Crippen LogP contribution is -2.24. The van der Waals surface area contributed by atoms with Crippen molar-refractivity contribution in [3.05, 3.63) is 12.2 Å². The zero-order valence-corrected chi connectivity index (χ0v) is 11.4. The van der Waals surface area contributed by atoms with Crippen molar-refractivity contribution < 1.29 is 9.53 Å². The van der Waals surface area contributed by atoms with Crippen LogP contribution in [0.3, 0.4) is 0 Å². The van der Waals surface area contributed by atoms with Crippen molar-refractivity contribution in [3.8, 4) is 0 Å². The lowest BCUT2D eigenvalue weighted by atomic mass is 10.2. The Morgan fingerprint density at radius 3 is 2.35 bits per heavy atom. The largest absolute Gasteiger partial charge is 0.381 e. The van der Waals surface area contributed by atoms with Gasteiger partial charge in [-0.3, -0.25) is 4.79 Å². The predicted octanol–water partition coefficient (Wildman–Crippen LogP) is 3.06. The summed E-state index contributed by atoms with van der Waals surface area (Å²) in [7, 11) is 0. The van der Waals surface area contributed by atoms with Crippen LogP contribution in [0.1, 0.15) is 52.4 Å². The normalized spacial score (nSPS) is 10.2. The quantitative estimate of drug-likeness (QED) is 0.446. The first-order chi connectivity index (χ1) is 8.18. The highest BCUT2D eigenvalue weighted by molar-refractivity contribution is 5.91. The van der Waals surface area contributed by atoms with Crippen molar-refractivity contribution in [1.29, 1.82) is 0 Å². The molecule has 0 saturated carbocycles. The molecule has 0 bridgehead atoms. The summed E-state index contributed by atoms with van der Waals surface area (Å²) in [5, 5.41) is 2.81. The summed E-state index contributed by atoms with van der Waals surface area (Å²) >= 11 is 0. The third kappa shape index (κ3) is 11.4. The second kappa shape index (κ2) is 11.6. The van der Waals surface area contributed by atoms with Crippen LogP contribution in [0.4, 0.5) is 0 Å². The average Bonchev–Trinajstić information content (AvgIpc) is 2.31. The Hall–Kier alpha value is -0.830. The molecule has 0 aromatic heterocycles. The van der Waals surface area contributed by atoms with E-state index in [9.17, 15) is 4.79 Å². The molecule has 3 nitrogen and oxygen atoms in total. The number of nitrogens with one attached hydrogen (secondary N) is 1. The molecule has 17 heavy (non-hydrogen) atoms. The smallest absolute Gasteiger partial charge is 0.246 e. The molecule has 1 N–H and O–H groups in total. The summed E-state index contributed by atoms with van der Waals surface area (Å²) in [5.74, 6) is -0.0505. The van der Waals surface area contributed by atoms with Gasteiger partial charge in [-0.1, -0.05) is 32.8 Å². The minimum absolute atomic E-state index is 0.0505. The zero-order valence-electron chi connectivity index (χ0n) is 11.4. The van der Waals surface area contributed by atoms with Crippen molar-refractivity contribution in [2.75, 3.05) is 19.8 Å². The molecule has 0 fully saturated rings. The number of ether oxygens (including phenoxy) is 1. The van der Waals surface area contributed by atoms with Crippen LogP contribution in [-0.2, 0) is 9.53 Å². The molecule has 0 radical (unpaired) electrons. The molecule has 0 rings (SSSR count). The Morgan fingerprint density at radius 1 is 1.12 bits per heavy atom. The minimum Gasteiger partial charge on any atom is -0.381 e. The van der Waals surface area contributed by atoms with Crippen LogP contribution >= 0.6 is 0 Å². The van der Waals surface area contributed by atoms with E-state index in [-0.39, 0.29) is 5.91 Å². The number of hydrogen-bond donors (Lipinski definition) is 1. The van der Waals surface area contributed by atoms with Crippen LogP contribution in [0.15, 0.2) is 12.2 Å². The molecule has 0 aromatic rings. The molecule has 0 spiro atoms. The van der Waals surface area contributed by atoms with Crippen molar-refractivity contribution in [2.24, 2.45) is 0 Å². The lowest BCUT2D eigenvalue weighted by molar-refractivity contribution is -0.117. The van der Waals surface area contributed by atoms with Crippen LogP contribution in [0.2, 0.25) is 0 Å². The number of unbranched alkanes of at least 4 members (excludes halogenated alkanes) is 4. The highest BCUT2D eigenvalue weighted by Crippen LogP contribution is 1.99. The van der Waals surface area contributed by atoms with Crippen LogP contribution in [0.5, 0.6) is 0 Å². The van der Waals surface area contributed by atoms with E-state index in [4.69, 9.17) is 4.74 Å². The van der Waals surface area contributed by atoms with Crippen molar-refractivity contribution in [2.45, 2.75) is 52.4 Å². The molecule has 0 atom stereocenters. The van der Waals surface area contributed by atoms with Gasteiger partial charge in [-0.2, -0.15) is 0 Å². The second-order valence-corrected chi connectivity index (χ2v) is 4.42. The maximum atomic E-state index is 11.1. The van der Waals surface area contributed by atoms with Gasteiger partial charge in [0, 0.05) is 25.3 Å². The van der Waals surface area contributed by atoms with Gasteiger partial charge in [-0.25, -0.2) is 0 Å². The van der Waals surface area contributed by atoms with Crippen molar-refractivity contribution in [1.82, 2.24) is 5.32 Å². The fraction of sp³-hybridized carbons (Fsp3) is 0.786. The van der Waals surface area contributed by atoms with Gasteiger partial charge in [-0.05, 0) is 26.2 Å². The van der Waals surface area contributed by atoms with Gasteiger partial charge in [0.25, 0.3) is 0 Å². The number of rotatable bonds is 11. The van der Waals surface area contributed by atoms with E-state index >= 15 is 0 Å². The average molecular weight is 241 g/mol.